The van der Waals surface area contributed by atoms with Crippen LogP contribution in [0.25, 0.3) is 6.08 Å². The van der Waals surface area contributed by atoms with Crippen molar-refractivity contribution in [3.63, 3.8) is 0 Å². The summed E-state index contributed by atoms with van der Waals surface area (Å²) in [6.07, 6.45) is 4.49. The molecule has 7 heteroatoms. The topological polar surface area (TPSA) is 73.9 Å². The lowest BCUT2D eigenvalue weighted by Gasteiger charge is -2.18. The summed E-state index contributed by atoms with van der Waals surface area (Å²) in [5, 5.41) is 3.31. The Morgan fingerprint density at radius 2 is 2.03 bits per heavy atom. The van der Waals surface area contributed by atoms with Gasteiger partial charge in [-0.3, -0.25) is 4.79 Å². The summed E-state index contributed by atoms with van der Waals surface area (Å²) >= 11 is 6.11. The van der Waals surface area contributed by atoms with E-state index in [0.29, 0.717) is 22.1 Å². The SMILES string of the molecule is CCC[C@H](NC(=O)COC(=O)/C=C/c1cc(Cl)c2c(c1)OCO2)c1ccccc1. The van der Waals surface area contributed by atoms with Crippen molar-refractivity contribution >= 4 is 29.6 Å². The summed E-state index contributed by atoms with van der Waals surface area (Å²) < 4.78 is 15.6. The predicted octanol–water partition coefficient (Wildman–Crippen LogP) is 4.28. The van der Waals surface area contributed by atoms with Crippen molar-refractivity contribution in [2.45, 2.75) is 25.8 Å². The third-order valence-electron chi connectivity index (χ3n) is 4.32. The Hall–Kier alpha value is -2.99. The van der Waals surface area contributed by atoms with E-state index in [2.05, 4.69) is 12.2 Å². The van der Waals surface area contributed by atoms with E-state index >= 15 is 0 Å². The number of ether oxygens (including phenoxy) is 3. The van der Waals surface area contributed by atoms with Crippen LogP contribution in [-0.4, -0.2) is 25.3 Å². The summed E-state index contributed by atoms with van der Waals surface area (Å²) in [7, 11) is 0. The fourth-order valence-corrected chi connectivity index (χ4v) is 3.24. The smallest absolute Gasteiger partial charge is 0.331 e. The van der Waals surface area contributed by atoms with Gasteiger partial charge in [-0.2, -0.15) is 0 Å². The third-order valence-corrected chi connectivity index (χ3v) is 4.60. The summed E-state index contributed by atoms with van der Waals surface area (Å²) in [6, 6.07) is 13.0. The molecule has 1 atom stereocenters. The fourth-order valence-electron chi connectivity index (χ4n) is 2.96. The number of nitrogens with one attached hydrogen (secondary N) is 1. The predicted molar refractivity (Wildman–Crippen MR) is 110 cm³/mol. The lowest BCUT2D eigenvalue weighted by molar-refractivity contribution is -0.144. The van der Waals surface area contributed by atoms with E-state index in [0.717, 1.165) is 18.4 Å². The number of fused-ring (bicyclic) bond motifs is 1. The van der Waals surface area contributed by atoms with Crippen molar-refractivity contribution in [3.05, 3.63) is 64.7 Å². The molecule has 3 rings (SSSR count). The monoisotopic (exact) mass is 415 g/mol. The van der Waals surface area contributed by atoms with Crippen molar-refractivity contribution in [1.82, 2.24) is 5.32 Å². The molecule has 1 heterocycles. The number of amides is 1. The highest BCUT2D eigenvalue weighted by atomic mass is 35.5. The first-order valence-electron chi connectivity index (χ1n) is 9.35. The molecule has 2 aromatic carbocycles. The van der Waals surface area contributed by atoms with E-state index < -0.39 is 5.97 Å². The van der Waals surface area contributed by atoms with Gasteiger partial charge in [0.2, 0.25) is 6.79 Å². The second kappa shape index (κ2) is 9.98. The van der Waals surface area contributed by atoms with Crippen LogP contribution in [0.3, 0.4) is 0 Å². The summed E-state index contributed by atoms with van der Waals surface area (Å²) in [5.74, 6) is 0.0387. The molecule has 2 aromatic rings. The number of carbonyl (C=O) groups is 2. The Morgan fingerprint density at radius 3 is 2.79 bits per heavy atom. The Morgan fingerprint density at radius 1 is 1.24 bits per heavy atom. The molecule has 0 fully saturated rings. The Labute approximate surface area is 174 Å². The lowest BCUT2D eigenvalue weighted by atomic mass is 10.0. The summed E-state index contributed by atoms with van der Waals surface area (Å²) in [6.45, 7) is 1.81. The van der Waals surface area contributed by atoms with Gasteiger partial charge in [-0.25, -0.2) is 4.79 Å². The minimum absolute atomic E-state index is 0.112. The molecule has 152 valence electrons. The molecular formula is C22H22ClNO5. The average Bonchev–Trinajstić information content (AvgIpc) is 3.20. The Kier molecular flexibility index (Phi) is 7.14. The highest BCUT2D eigenvalue weighted by Crippen LogP contribution is 2.40. The third kappa shape index (κ3) is 5.74. The zero-order valence-corrected chi connectivity index (χ0v) is 16.8. The standard InChI is InChI=1S/C22H22ClNO5/c1-2-6-18(16-7-4-3-5-8-16)24-20(25)13-27-21(26)10-9-15-11-17(23)22-19(12-15)28-14-29-22/h3-5,7-12,18H,2,6,13-14H2,1H3,(H,24,25)/b10-9+/t18-/m0/s1. The first kappa shape index (κ1) is 20.7. The van der Waals surface area contributed by atoms with Crippen molar-refractivity contribution in [1.29, 1.82) is 0 Å². The van der Waals surface area contributed by atoms with Gasteiger partial charge >= 0.3 is 5.97 Å². The van der Waals surface area contributed by atoms with Gasteiger partial charge < -0.3 is 19.5 Å². The molecule has 1 aliphatic rings. The van der Waals surface area contributed by atoms with Gasteiger partial charge in [0.25, 0.3) is 5.91 Å². The molecule has 1 aliphatic heterocycles. The second-order valence-corrected chi connectivity index (χ2v) is 6.90. The van der Waals surface area contributed by atoms with Crippen molar-refractivity contribution in [2.24, 2.45) is 0 Å². The quantitative estimate of drug-likeness (QED) is 0.514. The van der Waals surface area contributed by atoms with Gasteiger partial charge in [0.05, 0.1) is 11.1 Å². The Bertz CT molecular complexity index is 898. The molecule has 0 aliphatic carbocycles. The second-order valence-electron chi connectivity index (χ2n) is 6.50. The molecule has 1 amide bonds. The molecule has 0 unspecified atom stereocenters. The van der Waals surface area contributed by atoms with E-state index in [-0.39, 0.29) is 25.3 Å². The highest BCUT2D eigenvalue weighted by molar-refractivity contribution is 6.32. The van der Waals surface area contributed by atoms with Crippen LogP contribution in [-0.2, 0) is 14.3 Å². The number of hydrogen-bond donors (Lipinski definition) is 1. The fraction of sp³-hybridized carbons (Fsp3) is 0.273. The van der Waals surface area contributed by atoms with Gasteiger partial charge in [0.15, 0.2) is 18.1 Å². The number of rotatable bonds is 8. The molecule has 1 N–H and O–H groups in total. The van der Waals surface area contributed by atoms with Gasteiger partial charge in [0.1, 0.15) is 0 Å². The molecular weight excluding hydrogens is 394 g/mol. The first-order valence-corrected chi connectivity index (χ1v) is 9.73. The normalized spacial score (nSPS) is 13.3. The molecule has 0 bridgehead atoms. The van der Waals surface area contributed by atoms with E-state index in [1.807, 2.05) is 30.3 Å². The summed E-state index contributed by atoms with van der Waals surface area (Å²) in [4.78, 5) is 24.1. The molecule has 0 radical (unpaired) electrons. The largest absolute Gasteiger partial charge is 0.454 e. The summed E-state index contributed by atoms with van der Waals surface area (Å²) in [5.41, 5.74) is 1.68. The minimum atomic E-state index is -0.624. The number of hydrogen-bond acceptors (Lipinski definition) is 5. The minimum Gasteiger partial charge on any atom is -0.454 e. The maximum atomic E-state index is 12.2. The maximum absolute atomic E-state index is 12.2. The van der Waals surface area contributed by atoms with Crippen LogP contribution in [0, 0.1) is 0 Å². The average molecular weight is 416 g/mol. The highest BCUT2D eigenvalue weighted by Gasteiger charge is 2.18. The van der Waals surface area contributed by atoms with Gasteiger partial charge in [-0.15, -0.1) is 0 Å². The molecule has 6 nitrogen and oxygen atoms in total. The molecule has 0 aromatic heterocycles. The molecule has 0 spiro atoms. The molecule has 0 saturated carbocycles. The first-order chi connectivity index (χ1) is 14.1. The van der Waals surface area contributed by atoms with Crippen molar-refractivity contribution in [2.75, 3.05) is 13.4 Å². The van der Waals surface area contributed by atoms with Crippen molar-refractivity contribution in [3.8, 4) is 11.5 Å². The molecule has 0 saturated heterocycles. The lowest BCUT2D eigenvalue weighted by Crippen LogP contribution is -2.32. The maximum Gasteiger partial charge on any atom is 0.331 e. The van der Waals surface area contributed by atoms with Crippen LogP contribution in [0.4, 0.5) is 0 Å². The number of benzene rings is 2. The van der Waals surface area contributed by atoms with Crippen LogP contribution in [0.5, 0.6) is 11.5 Å². The van der Waals surface area contributed by atoms with Gasteiger partial charge in [-0.1, -0.05) is 55.3 Å². The number of carbonyl (C=O) groups excluding carboxylic acids is 2. The van der Waals surface area contributed by atoms with Gasteiger partial charge in [-0.05, 0) is 35.8 Å². The Balaban J connectivity index is 1.51. The van der Waals surface area contributed by atoms with Crippen LogP contribution < -0.4 is 14.8 Å². The van der Waals surface area contributed by atoms with Crippen LogP contribution >= 0.6 is 11.6 Å². The number of esters is 1. The van der Waals surface area contributed by atoms with Gasteiger partial charge in [0, 0.05) is 6.08 Å². The van der Waals surface area contributed by atoms with E-state index in [4.69, 9.17) is 25.8 Å². The number of halogens is 1. The molecule has 29 heavy (non-hydrogen) atoms. The van der Waals surface area contributed by atoms with Crippen LogP contribution in [0.2, 0.25) is 5.02 Å². The zero-order valence-electron chi connectivity index (χ0n) is 16.0. The zero-order chi connectivity index (χ0) is 20.6. The van der Waals surface area contributed by atoms with Crippen molar-refractivity contribution < 1.29 is 23.8 Å². The van der Waals surface area contributed by atoms with Crippen LogP contribution in [0.15, 0.2) is 48.5 Å². The van der Waals surface area contributed by atoms with Crippen LogP contribution in [0.1, 0.15) is 36.9 Å². The van der Waals surface area contributed by atoms with E-state index in [1.54, 1.807) is 12.1 Å². The van der Waals surface area contributed by atoms with E-state index in [1.165, 1.54) is 12.2 Å². The van der Waals surface area contributed by atoms with E-state index in [9.17, 15) is 9.59 Å².